The first-order chi connectivity index (χ1) is 7.81. The highest BCUT2D eigenvalue weighted by Crippen LogP contribution is 2.22. The van der Waals surface area contributed by atoms with E-state index in [2.05, 4.69) is 16.4 Å². The van der Waals surface area contributed by atoms with Crippen LogP contribution in [0.25, 0.3) is 0 Å². The molecule has 0 unspecified atom stereocenters. The Bertz CT molecular complexity index is 543. The lowest BCUT2D eigenvalue weighted by molar-refractivity contribution is 1.29. The summed E-state index contributed by atoms with van der Waals surface area (Å²) >= 11 is 0. The molecule has 0 saturated carbocycles. The van der Waals surface area contributed by atoms with Gasteiger partial charge >= 0.3 is 0 Å². The van der Waals surface area contributed by atoms with Gasteiger partial charge in [-0.05, 0) is 24.3 Å². The molecule has 4 nitrogen and oxygen atoms in total. The van der Waals surface area contributed by atoms with Crippen LogP contribution in [0.3, 0.4) is 0 Å². The summed E-state index contributed by atoms with van der Waals surface area (Å²) in [6.45, 7) is 0. The van der Waals surface area contributed by atoms with Gasteiger partial charge in [0.25, 0.3) is 0 Å². The maximum Gasteiger partial charge on any atom is 0.148 e. The van der Waals surface area contributed by atoms with Crippen LogP contribution in [0.1, 0.15) is 5.56 Å². The first-order valence-corrected chi connectivity index (χ1v) is 4.78. The Morgan fingerprint density at radius 1 is 1.19 bits per heavy atom. The van der Waals surface area contributed by atoms with Crippen LogP contribution in [0.2, 0.25) is 0 Å². The minimum atomic E-state index is 0.491. The molecule has 3 N–H and O–H groups in total. The van der Waals surface area contributed by atoms with Crippen molar-refractivity contribution in [3.63, 3.8) is 0 Å². The van der Waals surface area contributed by atoms with Crippen molar-refractivity contribution in [3.05, 3.63) is 48.2 Å². The van der Waals surface area contributed by atoms with E-state index in [0.717, 1.165) is 5.69 Å². The quantitative estimate of drug-likeness (QED) is 0.745. The summed E-state index contributed by atoms with van der Waals surface area (Å²) in [7, 11) is 0. The second-order valence-electron chi connectivity index (χ2n) is 3.22. The van der Waals surface area contributed by atoms with E-state index in [9.17, 15) is 0 Å². The lowest BCUT2D eigenvalue weighted by Gasteiger charge is -2.08. The molecule has 4 heteroatoms. The number of nitrogen functional groups attached to an aromatic ring is 1. The predicted molar refractivity (Wildman–Crippen MR) is 63.1 cm³/mol. The fraction of sp³-hybridized carbons (Fsp3) is 0. The molecule has 0 aliphatic heterocycles. The number of benzene rings is 1. The summed E-state index contributed by atoms with van der Waals surface area (Å²) < 4.78 is 0. The van der Waals surface area contributed by atoms with E-state index < -0.39 is 0 Å². The Hall–Kier alpha value is -2.54. The van der Waals surface area contributed by atoms with E-state index in [0.29, 0.717) is 17.1 Å². The number of pyridine rings is 1. The van der Waals surface area contributed by atoms with Gasteiger partial charge in [0.05, 0.1) is 16.9 Å². The number of rotatable bonds is 2. The van der Waals surface area contributed by atoms with Gasteiger partial charge in [0.1, 0.15) is 11.9 Å². The van der Waals surface area contributed by atoms with E-state index in [1.165, 1.54) is 0 Å². The summed E-state index contributed by atoms with van der Waals surface area (Å²) in [6.07, 6.45) is 1.63. The molecule has 2 rings (SSSR count). The fourth-order valence-corrected chi connectivity index (χ4v) is 1.33. The third-order valence-corrected chi connectivity index (χ3v) is 2.14. The second-order valence-corrected chi connectivity index (χ2v) is 3.22. The van der Waals surface area contributed by atoms with Gasteiger partial charge in [-0.2, -0.15) is 5.26 Å². The van der Waals surface area contributed by atoms with E-state index >= 15 is 0 Å². The Labute approximate surface area is 93.4 Å². The van der Waals surface area contributed by atoms with Crippen LogP contribution in [0.15, 0.2) is 42.6 Å². The second kappa shape index (κ2) is 4.32. The van der Waals surface area contributed by atoms with Gasteiger partial charge < -0.3 is 11.1 Å². The van der Waals surface area contributed by atoms with Crippen molar-refractivity contribution in [1.82, 2.24) is 4.98 Å². The predicted octanol–water partition coefficient (Wildman–Crippen LogP) is 2.28. The van der Waals surface area contributed by atoms with E-state index in [4.69, 9.17) is 11.0 Å². The Kier molecular flexibility index (Phi) is 2.70. The summed E-state index contributed by atoms with van der Waals surface area (Å²) in [4.78, 5) is 4.10. The zero-order valence-corrected chi connectivity index (χ0v) is 8.51. The van der Waals surface area contributed by atoms with Gasteiger partial charge in [-0.25, -0.2) is 4.98 Å². The molecule has 0 radical (unpaired) electrons. The van der Waals surface area contributed by atoms with E-state index in [1.54, 1.807) is 24.4 Å². The van der Waals surface area contributed by atoms with E-state index in [-0.39, 0.29) is 0 Å². The largest absolute Gasteiger partial charge is 0.397 e. The molecule has 0 amide bonds. The monoisotopic (exact) mass is 210 g/mol. The normalized spacial score (nSPS) is 9.44. The van der Waals surface area contributed by atoms with Crippen LogP contribution in [0, 0.1) is 11.3 Å². The molecule has 0 saturated heterocycles. The van der Waals surface area contributed by atoms with Crippen molar-refractivity contribution in [1.29, 1.82) is 5.26 Å². The Morgan fingerprint density at radius 2 is 2.00 bits per heavy atom. The minimum Gasteiger partial charge on any atom is -0.397 e. The van der Waals surface area contributed by atoms with Gasteiger partial charge in [-0.15, -0.1) is 0 Å². The number of nitriles is 1. The van der Waals surface area contributed by atoms with Crippen molar-refractivity contribution in [3.8, 4) is 6.07 Å². The highest BCUT2D eigenvalue weighted by atomic mass is 15.0. The zero-order chi connectivity index (χ0) is 11.4. The van der Waals surface area contributed by atoms with Gasteiger partial charge in [0.15, 0.2) is 0 Å². The molecule has 1 heterocycles. The number of hydrogen-bond acceptors (Lipinski definition) is 4. The topological polar surface area (TPSA) is 74.7 Å². The number of nitrogens with one attached hydrogen (secondary N) is 1. The molecule has 0 spiro atoms. The number of nitrogens with zero attached hydrogens (tertiary/aromatic N) is 2. The van der Waals surface area contributed by atoms with Crippen LogP contribution in [0.5, 0.6) is 0 Å². The lowest BCUT2D eigenvalue weighted by atomic mass is 10.2. The molecule has 2 aromatic rings. The molecular weight excluding hydrogens is 200 g/mol. The Morgan fingerprint density at radius 3 is 2.75 bits per heavy atom. The first kappa shape index (κ1) is 9.99. The molecule has 1 aromatic carbocycles. The molecule has 0 aliphatic carbocycles. The third kappa shape index (κ3) is 1.93. The molecule has 0 aliphatic rings. The highest BCUT2D eigenvalue weighted by molar-refractivity contribution is 5.73. The SMILES string of the molecule is N#Cc1cccnc1Nc1ccccc1N. The van der Waals surface area contributed by atoms with Gasteiger partial charge in [0.2, 0.25) is 0 Å². The van der Waals surface area contributed by atoms with Gasteiger partial charge in [0, 0.05) is 6.20 Å². The first-order valence-electron chi connectivity index (χ1n) is 4.78. The number of aromatic nitrogens is 1. The minimum absolute atomic E-state index is 0.491. The molecule has 0 bridgehead atoms. The molecular formula is C12H10N4. The van der Waals surface area contributed by atoms with Crippen LogP contribution in [0.4, 0.5) is 17.2 Å². The smallest absolute Gasteiger partial charge is 0.148 e. The average molecular weight is 210 g/mol. The van der Waals surface area contributed by atoms with Crippen LogP contribution >= 0.6 is 0 Å². The zero-order valence-electron chi connectivity index (χ0n) is 8.51. The average Bonchev–Trinajstić information content (AvgIpc) is 2.33. The van der Waals surface area contributed by atoms with Crippen LogP contribution in [-0.4, -0.2) is 4.98 Å². The number of nitrogens with two attached hydrogens (primary N) is 1. The third-order valence-electron chi connectivity index (χ3n) is 2.14. The van der Waals surface area contributed by atoms with Gasteiger partial charge in [-0.1, -0.05) is 12.1 Å². The lowest BCUT2D eigenvalue weighted by Crippen LogP contribution is -1.99. The Balaban J connectivity index is 2.35. The van der Waals surface area contributed by atoms with Crippen LogP contribution in [-0.2, 0) is 0 Å². The summed E-state index contributed by atoms with van der Waals surface area (Å²) in [5.41, 5.74) is 7.65. The molecule has 78 valence electrons. The molecule has 0 fully saturated rings. The number of hydrogen-bond donors (Lipinski definition) is 2. The maximum atomic E-state index is 8.90. The summed E-state index contributed by atoms with van der Waals surface area (Å²) in [6, 6.07) is 12.8. The molecule has 1 aromatic heterocycles. The van der Waals surface area contributed by atoms with Crippen LogP contribution < -0.4 is 11.1 Å². The fourth-order valence-electron chi connectivity index (χ4n) is 1.33. The summed E-state index contributed by atoms with van der Waals surface area (Å²) in [5, 5.41) is 11.9. The highest BCUT2D eigenvalue weighted by Gasteiger charge is 2.04. The van der Waals surface area contributed by atoms with E-state index in [1.807, 2.05) is 18.2 Å². The maximum absolute atomic E-state index is 8.90. The number of para-hydroxylation sites is 2. The standard InChI is InChI=1S/C12H10N4/c13-8-9-4-3-7-15-12(9)16-11-6-2-1-5-10(11)14/h1-7H,14H2,(H,15,16). The number of anilines is 3. The molecule has 16 heavy (non-hydrogen) atoms. The van der Waals surface area contributed by atoms with Gasteiger partial charge in [-0.3, -0.25) is 0 Å². The summed E-state index contributed by atoms with van der Waals surface area (Å²) in [5.74, 6) is 0.517. The van der Waals surface area contributed by atoms with Crippen molar-refractivity contribution < 1.29 is 0 Å². The molecule has 0 atom stereocenters. The van der Waals surface area contributed by atoms with Crippen molar-refractivity contribution in [2.45, 2.75) is 0 Å². The van der Waals surface area contributed by atoms with Crippen molar-refractivity contribution in [2.75, 3.05) is 11.1 Å². The van der Waals surface area contributed by atoms with Crippen molar-refractivity contribution in [2.24, 2.45) is 0 Å². The van der Waals surface area contributed by atoms with Crippen molar-refractivity contribution >= 4 is 17.2 Å².